The van der Waals surface area contributed by atoms with Gasteiger partial charge in [-0.2, -0.15) is 0 Å². The average Bonchev–Trinajstić information content (AvgIpc) is 3.30. The molecule has 4 heteroatoms. The number of aromatic nitrogens is 2. The Morgan fingerprint density at radius 1 is 0.676 bits per heavy atom. The summed E-state index contributed by atoms with van der Waals surface area (Å²) in [5.41, 5.74) is 5.00. The molecule has 6 rings (SSSR count). The van der Waals surface area contributed by atoms with Gasteiger partial charge in [0.25, 0.3) is 0 Å². The summed E-state index contributed by atoms with van der Waals surface area (Å²) in [5.74, 6) is 0. The Bertz CT molecular complexity index is 1730. The highest BCUT2D eigenvalue weighted by Crippen LogP contribution is 2.45. The Labute approximate surface area is 216 Å². The van der Waals surface area contributed by atoms with Crippen LogP contribution < -0.4 is 15.9 Å². The van der Waals surface area contributed by atoms with Gasteiger partial charge in [0.15, 0.2) is 7.14 Å². The Morgan fingerprint density at radius 2 is 1.19 bits per heavy atom. The van der Waals surface area contributed by atoms with E-state index in [1.165, 1.54) is 0 Å². The van der Waals surface area contributed by atoms with Crippen LogP contribution in [0.15, 0.2) is 129 Å². The summed E-state index contributed by atoms with van der Waals surface area (Å²) in [7, 11) is -3.26. The molecule has 178 valence electrons. The number of nitrogens with zero attached hydrogens (tertiary/aromatic N) is 2. The van der Waals surface area contributed by atoms with E-state index in [-0.39, 0.29) is 0 Å². The fourth-order valence-electron chi connectivity index (χ4n) is 5.09. The topological polar surface area (TPSA) is 34.9 Å². The molecule has 0 aliphatic carbocycles. The summed E-state index contributed by atoms with van der Waals surface area (Å²) in [4.78, 5) is 4.48. The summed E-state index contributed by atoms with van der Waals surface area (Å²) in [6.45, 7) is 7.92. The Kier molecular flexibility index (Phi) is 5.71. The summed E-state index contributed by atoms with van der Waals surface area (Å²) in [6, 6.07) is 34.1. The van der Waals surface area contributed by atoms with Crippen LogP contribution in [0.2, 0.25) is 0 Å². The van der Waals surface area contributed by atoms with E-state index in [1.807, 2.05) is 78.9 Å². The smallest absolute Gasteiger partial charge is 0.174 e. The van der Waals surface area contributed by atoms with E-state index in [1.54, 1.807) is 12.4 Å². The molecule has 0 fully saturated rings. The molecule has 6 aromatic rings. The molecule has 0 atom stereocenters. The summed E-state index contributed by atoms with van der Waals surface area (Å²) < 4.78 is 17.5. The normalized spacial score (nSPS) is 11.6. The fourth-order valence-corrected chi connectivity index (χ4v) is 7.85. The van der Waals surface area contributed by atoms with E-state index < -0.39 is 7.14 Å². The van der Waals surface area contributed by atoms with Gasteiger partial charge in [0.05, 0.1) is 22.0 Å². The molecule has 2 aromatic heterocycles. The van der Waals surface area contributed by atoms with Crippen LogP contribution in [0.3, 0.4) is 0 Å². The SMILES string of the molecule is C=Cc1ccc2c(c1)c1cc(C=C)ccc1n2-c1ccncc1P(=O)(c1ccccc1)c1ccccc1. The van der Waals surface area contributed by atoms with Crippen molar-refractivity contribution in [1.29, 1.82) is 0 Å². The summed E-state index contributed by atoms with van der Waals surface area (Å²) in [5, 5.41) is 4.46. The highest BCUT2D eigenvalue weighted by Gasteiger charge is 2.33. The minimum absolute atomic E-state index is 0.701. The molecule has 0 spiro atoms. The van der Waals surface area contributed by atoms with Gasteiger partial charge in [-0.1, -0.05) is 98.1 Å². The molecule has 0 saturated carbocycles. The number of rotatable bonds is 6. The third-order valence-electron chi connectivity index (χ3n) is 6.88. The maximum absolute atomic E-state index is 15.3. The molecule has 0 radical (unpaired) electrons. The van der Waals surface area contributed by atoms with E-state index in [9.17, 15) is 0 Å². The summed E-state index contributed by atoms with van der Waals surface area (Å²) >= 11 is 0. The van der Waals surface area contributed by atoms with Crippen molar-refractivity contribution in [2.75, 3.05) is 0 Å². The monoisotopic (exact) mass is 496 g/mol. The summed E-state index contributed by atoms with van der Waals surface area (Å²) in [6.07, 6.45) is 7.25. The third-order valence-corrected chi connectivity index (χ3v) is 9.96. The van der Waals surface area contributed by atoms with Crippen molar-refractivity contribution in [2.24, 2.45) is 0 Å². The first kappa shape index (κ1) is 23.0. The number of pyridine rings is 1. The standard InChI is InChI=1S/C33H25N2OP/c1-3-24-15-17-30-28(21-24)29-22-25(4-2)16-18-31(29)35(30)32-19-20-34-23-33(32)37(36,26-11-7-5-8-12-26)27-13-9-6-10-14-27/h3-23H,1-2H2. The fraction of sp³-hybridized carbons (Fsp3) is 0. The van der Waals surface area contributed by atoms with Crippen molar-refractivity contribution in [1.82, 2.24) is 9.55 Å². The lowest BCUT2D eigenvalue weighted by atomic mass is 10.1. The second-order valence-corrected chi connectivity index (χ2v) is 11.7. The van der Waals surface area contributed by atoms with E-state index in [2.05, 4.69) is 59.1 Å². The molecule has 0 aliphatic rings. The number of benzene rings is 4. The predicted molar refractivity (Wildman–Crippen MR) is 158 cm³/mol. The van der Waals surface area contributed by atoms with Crippen molar-refractivity contribution in [3.05, 3.63) is 140 Å². The highest BCUT2D eigenvalue weighted by atomic mass is 31.2. The molecule has 0 N–H and O–H groups in total. The van der Waals surface area contributed by atoms with Gasteiger partial charge in [-0.15, -0.1) is 0 Å². The molecule has 0 bridgehead atoms. The quantitative estimate of drug-likeness (QED) is 0.231. The first-order valence-electron chi connectivity index (χ1n) is 12.1. The number of fused-ring (bicyclic) bond motifs is 3. The van der Waals surface area contributed by atoms with Crippen LogP contribution >= 0.6 is 7.14 Å². The molecule has 37 heavy (non-hydrogen) atoms. The molecular formula is C33H25N2OP. The van der Waals surface area contributed by atoms with Gasteiger partial charge in [0.1, 0.15) is 0 Å². The van der Waals surface area contributed by atoms with Gasteiger partial charge in [0, 0.05) is 33.8 Å². The zero-order chi connectivity index (χ0) is 25.4. The molecule has 2 heterocycles. The van der Waals surface area contributed by atoms with Gasteiger partial charge in [-0.05, 0) is 41.5 Å². The van der Waals surface area contributed by atoms with Gasteiger partial charge in [0.2, 0.25) is 0 Å². The minimum atomic E-state index is -3.26. The maximum Gasteiger partial charge on any atom is 0.174 e. The third kappa shape index (κ3) is 3.67. The first-order valence-corrected chi connectivity index (χ1v) is 13.8. The molecule has 0 aliphatic heterocycles. The van der Waals surface area contributed by atoms with Gasteiger partial charge in [-0.25, -0.2) is 0 Å². The van der Waals surface area contributed by atoms with Gasteiger partial charge < -0.3 is 9.13 Å². The van der Waals surface area contributed by atoms with Crippen LogP contribution in [0.5, 0.6) is 0 Å². The lowest BCUT2D eigenvalue weighted by Gasteiger charge is -2.23. The van der Waals surface area contributed by atoms with Gasteiger partial charge in [-0.3, -0.25) is 4.98 Å². The largest absolute Gasteiger partial charge is 0.308 e. The van der Waals surface area contributed by atoms with Gasteiger partial charge >= 0.3 is 0 Å². The van der Waals surface area contributed by atoms with Crippen molar-refractivity contribution < 1.29 is 4.57 Å². The number of hydrogen-bond donors (Lipinski definition) is 0. The minimum Gasteiger partial charge on any atom is -0.308 e. The molecular weight excluding hydrogens is 471 g/mol. The molecule has 4 aromatic carbocycles. The van der Waals surface area contributed by atoms with E-state index >= 15 is 4.57 Å². The lowest BCUT2D eigenvalue weighted by molar-refractivity contribution is 0.592. The van der Waals surface area contributed by atoms with Crippen LogP contribution in [0.4, 0.5) is 0 Å². The highest BCUT2D eigenvalue weighted by molar-refractivity contribution is 7.85. The second-order valence-electron chi connectivity index (χ2n) is 8.94. The molecule has 3 nitrogen and oxygen atoms in total. The van der Waals surface area contributed by atoms with E-state index in [4.69, 9.17) is 0 Å². The predicted octanol–water partition coefficient (Wildman–Crippen LogP) is 7.10. The first-order chi connectivity index (χ1) is 18.1. The zero-order valence-corrected chi connectivity index (χ0v) is 21.2. The van der Waals surface area contributed by atoms with Crippen LogP contribution in [0, 0.1) is 0 Å². The van der Waals surface area contributed by atoms with Crippen molar-refractivity contribution in [3.63, 3.8) is 0 Å². The molecule has 0 saturated heterocycles. The second kappa shape index (κ2) is 9.20. The van der Waals surface area contributed by atoms with Crippen LogP contribution in [0.1, 0.15) is 11.1 Å². The number of hydrogen-bond acceptors (Lipinski definition) is 2. The lowest BCUT2D eigenvalue weighted by Crippen LogP contribution is -2.28. The zero-order valence-electron chi connectivity index (χ0n) is 20.3. The maximum atomic E-state index is 15.3. The van der Waals surface area contributed by atoms with Crippen LogP contribution in [-0.2, 0) is 4.57 Å². The van der Waals surface area contributed by atoms with Crippen molar-refractivity contribution >= 4 is 57.0 Å². The molecule has 0 unspecified atom stereocenters. The Hall–Kier alpha value is -4.46. The van der Waals surface area contributed by atoms with Crippen molar-refractivity contribution in [2.45, 2.75) is 0 Å². The van der Waals surface area contributed by atoms with Crippen LogP contribution in [0.25, 0.3) is 39.6 Å². The van der Waals surface area contributed by atoms with Crippen molar-refractivity contribution in [3.8, 4) is 5.69 Å². The van der Waals surface area contributed by atoms with Crippen LogP contribution in [-0.4, -0.2) is 9.55 Å². The van der Waals surface area contributed by atoms with E-state index in [0.29, 0.717) is 5.30 Å². The average molecular weight is 497 g/mol. The molecule has 0 amide bonds. The Morgan fingerprint density at radius 3 is 1.68 bits per heavy atom. The Balaban J connectivity index is 1.74. The van der Waals surface area contributed by atoms with E-state index in [0.717, 1.165) is 49.2 Å².